The van der Waals surface area contributed by atoms with Crippen LogP contribution in [0.5, 0.6) is 0 Å². The van der Waals surface area contributed by atoms with Crippen molar-refractivity contribution in [2.75, 3.05) is 0 Å². The Morgan fingerprint density at radius 2 is 1.58 bits per heavy atom. The predicted molar refractivity (Wildman–Crippen MR) is 70.6 cm³/mol. The first kappa shape index (κ1) is 12.9. The van der Waals surface area contributed by atoms with E-state index < -0.39 is 4.92 Å². The van der Waals surface area contributed by atoms with E-state index >= 15 is 0 Å². The zero-order valence-corrected chi connectivity index (χ0v) is 10.5. The van der Waals surface area contributed by atoms with Crippen LogP contribution < -0.4 is 0 Å². The molecule has 0 aliphatic carbocycles. The second-order valence-electron chi connectivity index (χ2n) is 4.23. The number of nitro groups is 1. The third-order valence-corrected chi connectivity index (χ3v) is 2.97. The molecule has 0 heterocycles. The molecule has 0 aromatic heterocycles. The molecule has 0 aliphatic heterocycles. The van der Waals surface area contributed by atoms with E-state index in [0.29, 0.717) is 21.9 Å². The number of nitro benzene ring substituents is 1. The standard InChI is InChI=1S/C14H11NO4/c1-8(16)10-4-3-5-12-13(15(18)19)7-6-11(9(2)17)14(10)12/h3-7H,1-2H3. The van der Waals surface area contributed by atoms with Crippen molar-refractivity contribution in [3.05, 3.63) is 51.6 Å². The van der Waals surface area contributed by atoms with Crippen molar-refractivity contribution in [2.45, 2.75) is 13.8 Å². The predicted octanol–water partition coefficient (Wildman–Crippen LogP) is 3.15. The highest BCUT2D eigenvalue weighted by Gasteiger charge is 2.19. The van der Waals surface area contributed by atoms with Gasteiger partial charge in [-0.1, -0.05) is 12.1 Å². The molecule has 0 saturated heterocycles. The molecule has 0 atom stereocenters. The molecule has 2 aromatic rings. The van der Waals surface area contributed by atoms with Crippen molar-refractivity contribution in [3.63, 3.8) is 0 Å². The smallest absolute Gasteiger partial charge is 0.277 e. The number of rotatable bonds is 3. The van der Waals surface area contributed by atoms with E-state index in [9.17, 15) is 19.7 Å². The van der Waals surface area contributed by atoms with E-state index in [4.69, 9.17) is 0 Å². The maximum absolute atomic E-state index is 11.6. The number of ketones is 2. The molecule has 5 nitrogen and oxygen atoms in total. The Morgan fingerprint density at radius 3 is 2.11 bits per heavy atom. The summed E-state index contributed by atoms with van der Waals surface area (Å²) in [6.45, 7) is 2.75. The molecule has 0 saturated carbocycles. The SMILES string of the molecule is CC(=O)c1cccc2c([N+](=O)[O-])ccc(C(C)=O)c12. The molecule has 19 heavy (non-hydrogen) atoms. The Morgan fingerprint density at radius 1 is 1.00 bits per heavy atom. The Bertz CT molecular complexity index is 698. The van der Waals surface area contributed by atoms with Crippen LogP contribution in [0, 0.1) is 10.1 Å². The van der Waals surface area contributed by atoms with Gasteiger partial charge < -0.3 is 0 Å². The fraction of sp³-hybridized carbons (Fsp3) is 0.143. The minimum absolute atomic E-state index is 0.108. The van der Waals surface area contributed by atoms with Crippen LogP contribution in [0.1, 0.15) is 34.6 Å². The highest BCUT2D eigenvalue weighted by Crippen LogP contribution is 2.31. The Hall–Kier alpha value is -2.56. The van der Waals surface area contributed by atoms with Crippen molar-refractivity contribution in [2.24, 2.45) is 0 Å². The first-order chi connectivity index (χ1) is 8.93. The van der Waals surface area contributed by atoms with Gasteiger partial charge in [0.2, 0.25) is 0 Å². The lowest BCUT2D eigenvalue weighted by Crippen LogP contribution is -2.02. The fourth-order valence-corrected chi connectivity index (χ4v) is 2.14. The van der Waals surface area contributed by atoms with Crippen molar-refractivity contribution in [1.82, 2.24) is 0 Å². The largest absolute Gasteiger partial charge is 0.294 e. The number of benzene rings is 2. The summed E-state index contributed by atoms with van der Waals surface area (Å²) < 4.78 is 0. The molecule has 2 rings (SSSR count). The second-order valence-corrected chi connectivity index (χ2v) is 4.23. The van der Waals surface area contributed by atoms with Crippen LogP contribution in [-0.2, 0) is 0 Å². The van der Waals surface area contributed by atoms with E-state index in [1.165, 1.54) is 26.0 Å². The van der Waals surface area contributed by atoms with Gasteiger partial charge in [-0.2, -0.15) is 0 Å². The molecule has 0 aliphatic rings. The number of fused-ring (bicyclic) bond motifs is 1. The van der Waals surface area contributed by atoms with Crippen LogP contribution in [0.25, 0.3) is 10.8 Å². The quantitative estimate of drug-likeness (QED) is 0.480. The second kappa shape index (κ2) is 4.61. The molecule has 0 amide bonds. The molecule has 0 spiro atoms. The average molecular weight is 257 g/mol. The third-order valence-electron chi connectivity index (χ3n) is 2.97. The summed E-state index contributed by atoms with van der Waals surface area (Å²) >= 11 is 0. The maximum atomic E-state index is 11.6. The van der Waals surface area contributed by atoms with Gasteiger partial charge >= 0.3 is 0 Å². The molecule has 96 valence electrons. The summed E-state index contributed by atoms with van der Waals surface area (Å²) in [6, 6.07) is 7.39. The normalized spacial score (nSPS) is 10.4. The minimum Gasteiger partial charge on any atom is -0.294 e. The van der Waals surface area contributed by atoms with E-state index in [1.54, 1.807) is 18.2 Å². The van der Waals surface area contributed by atoms with E-state index in [-0.39, 0.29) is 17.3 Å². The lowest BCUT2D eigenvalue weighted by atomic mass is 9.94. The number of nitrogens with zero attached hydrogens (tertiary/aromatic N) is 1. The molecule has 2 aromatic carbocycles. The molecule has 0 fully saturated rings. The minimum atomic E-state index is -0.518. The molecule has 0 unspecified atom stereocenters. The van der Waals surface area contributed by atoms with Crippen LogP contribution in [0.3, 0.4) is 0 Å². The highest BCUT2D eigenvalue weighted by atomic mass is 16.6. The van der Waals surface area contributed by atoms with Crippen molar-refractivity contribution < 1.29 is 14.5 Å². The van der Waals surface area contributed by atoms with Gasteiger partial charge in [0.1, 0.15) is 0 Å². The molecule has 5 heteroatoms. The van der Waals surface area contributed by atoms with Crippen LogP contribution >= 0.6 is 0 Å². The van der Waals surface area contributed by atoms with E-state index in [1.807, 2.05) is 0 Å². The van der Waals surface area contributed by atoms with Crippen molar-refractivity contribution in [1.29, 1.82) is 0 Å². The molecule has 0 radical (unpaired) electrons. The van der Waals surface area contributed by atoms with Gasteiger partial charge in [0.25, 0.3) is 5.69 Å². The average Bonchev–Trinajstić information content (AvgIpc) is 2.35. The van der Waals surface area contributed by atoms with E-state index in [0.717, 1.165) is 0 Å². The van der Waals surface area contributed by atoms with Crippen molar-refractivity contribution in [3.8, 4) is 0 Å². The first-order valence-electron chi connectivity index (χ1n) is 5.65. The highest BCUT2D eigenvalue weighted by molar-refractivity contribution is 6.17. The molecular formula is C14H11NO4. The Balaban J connectivity index is 3.01. The Kier molecular flexibility index (Phi) is 3.12. The van der Waals surface area contributed by atoms with Crippen LogP contribution in [0.2, 0.25) is 0 Å². The summed E-state index contributed by atoms with van der Waals surface area (Å²) in [6.07, 6.45) is 0. The first-order valence-corrected chi connectivity index (χ1v) is 5.65. The van der Waals surface area contributed by atoms with Gasteiger partial charge in [-0.05, 0) is 26.0 Å². The number of carbonyl (C=O) groups excluding carboxylic acids is 2. The lowest BCUT2D eigenvalue weighted by Gasteiger charge is -2.08. The summed E-state index contributed by atoms with van der Waals surface area (Å²) in [5.41, 5.74) is 0.543. The van der Waals surface area contributed by atoms with Crippen LogP contribution in [-0.4, -0.2) is 16.5 Å². The Labute approximate surface area is 109 Å². The monoisotopic (exact) mass is 257 g/mol. The topological polar surface area (TPSA) is 77.3 Å². The van der Waals surface area contributed by atoms with Gasteiger partial charge in [0.05, 0.1) is 10.3 Å². The summed E-state index contributed by atoms with van der Waals surface area (Å²) in [7, 11) is 0. The van der Waals surface area contributed by atoms with Gasteiger partial charge in [-0.25, -0.2) is 0 Å². The number of hydrogen-bond donors (Lipinski definition) is 0. The summed E-state index contributed by atoms with van der Waals surface area (Å²) in [4.78, 5) is 33.8. The van der Waals surface area contributed by atoms with Gasteiger partial charge in [-0.15, -0.1) is 0 Å². The zero-order chi connectivity index (χ0) is 14.2. The third kappa shape index (κ3) is 2.10. The van der Waals surface area contributed by atoms with Gasteiger partial charge in [0, 0.05) is 22.6 Å². The fourth-order valence-electron chi connectivity index (χ4n) is 2.14. The van der Waals surface area contributed by atoms with Gasteiger partial charge in [0.15, 0.2) is 11.6 Å². The maximum Gasteiger partial charge on any atom is 0.277 e. The van der Waals surface area contributed by atoms with E-state index in [2.05, 4.69) is 0 Å². The van der Waals surface area contributed by atoms with Crippen molar-refractivity contribution >= 4 is 28.0 Å². The zero-order valence-electron chi connectivity index (χ0n) is 10.5. The lowest BCUT2D eigenvalue weighted by molar-refractivity contribution is -0.383. The summed E-state index contributed by atoms with van der Waals surface area (Å²) in [5, 5.41) is 11.7. The number of non-ortho nitro benzene ring substituents is 1. The number of Topliss-reactive ketones (excluding diaryl/α,β-unsaturated/α-hetero) is 2. The van der Waals surface area contributed by atoms with Gasteiger partial charge in [-0.3, -0.25) is 19.7 Å². The molecular weight excluding hydrogens is 246 g/mol. The molecule has 0 N–H and O–H groups in total. The van der Waals surface area contributed by atoms with Crippen LogP contribution in [0.15, 0.2) is 30.3 Å². The summed E-state index contributed by atoms with van der Waals surface area (Å²) in [5.74, 6) is -0.456. The van der Waals surface area contributed by atoms with Crippen LogP contribution in [0.4, 0.5) is 5.69 Å². The number of hydrogen-bond acceptors (Lipinski definition) is 4. The number of carbonyl (C=O) groups is 2. The molecule has 0 bridgehead atoms.